The molecule has 0 fully saturated rings. The minimum Gasteiger partial charge on any atom is -0.461 e. The van der Waals surface area contributed by atoms with Gasteiger partial charge >= 0.3 is 0 Å². The zero-order chi connectivity index (χ0) is 9.80. The van der Waals surface area contributed by atoms with Crippen LogP contribution in [0, 0.1) is 0 Å². The lowest BCUT2D eigenvalue weighted by atomic mass is 9.95. The van der Waals surface area contributed by atoms with Crippen molar-refractivity contribution in [3.8, 4) is 0 Å². The maximum absolute atomic E-state index is 11.6. The topological polar surface area (TPSA) is 30.2 Å². The summed E-state index contributed by atoms with van der Waals surface area (Å²) in [4.78, 5) is 11.6. The number of hydrogen-bond donors (Lipinski definition) is 0. The van der Waals surface area contributed by atoms with Crippen LogP contribution in [-0.2, 0) is 0 Å². The Kier molecular flexibility index (Phi) is 2.82. The highest BCUT2D eigenvalue weighted by atomic mass is 16.3. The van der Waals surface area contributed by atoms with Crippen molar-refractivity contribution >= 4 is 5.78 Å². The van der Waals surface area contributed by atoms with Crippen LogP contribution in [0.15, 0.2) is 34.5 Å². The van der Waals surface area contributed by atoms with Crippen molar-refractivity contribution in [3.05, 3.63) is 35.8 Å². The van der Waals surface area contributed by atoms with Gasteiger partial charge in [0.1, 0.15) is 0 Å². The normalized spacial score (nSPS) is 16.4. The molecule has 0 unspecified atom stereocenters. The average Bonchev–Trinajstić information content (AvgIpc) is 2.72. The van der Waals surface area contributed by atoms with E-state index >= 15 is 0 Å². The Morgan fingerprint density at radius 3 is 3.00 bits per heavy atom. The molecule has 0 saturated heterocycles. The van der Waals surface area contributed by atoms with Crippen LogP contribution in [0.1, 0.15) is 42.7 Å². The van der Waals surface area contributed by atoms with Crippen molar-refractivity contribution in [1.82, 2.24) is 0 Å². The predicted octanol–water partition coefficient (Wildman–Crippen LogP) is 3.35. The van der Waals surface area contributed by atoms with Crippen LogP contribution >= 0.6 is 0 Å². The third kappa shape index (κ3) is 2.13. The van der Waals surface area contributed by atoms with E-state index in [0.29, 0.717) is 12.2 Å². The molecule has 0 saturated carbocycles. The van der Waals surface area contributed by atoms with Crippen LogP contribution in [-0.4, -0.2) is 5.78 Å². The van der Waals surface area contributed by atoms with Crippen molar-refractivity contribution in [1.29, 1.82) is 0 Å². The van der Waals surface area contributed by atoms with Crippen molar-refractivity contribution in [2.75, 3.05) is 0 Å². The van der Waals surface area contributed by atoms with E-state index in [4.69, 9.17) is 4.42 Å². The summed E-state index contributed by atoms with van der Waals surface area (Å²) in [7, 11) is 0. The van der Waals surface area contributed by atoms with Crippen LogP contribution in [0.3, 0.4) is 0 Å². The molecule has 0 atom stereocenters. The number of carbonyl (C=O) groups is 1. The van der Waals surface area contributed by atoms with Gasteiger partial charge in [-0.3, -0.25) is 4.79 Å². The molecule has 0 aliphatic heterocycles. The maximum Gasteiger partial charge on any atom is 0.201 e. The van der Waals surface area contributed by atoms with Gasteiger partial charge in [0.25, 0.3) is 0 Å². The van der Waals surface area contributed by atoms with Crippen LogP contribution in [0.4, 0.5) is 0 Å². The van der Waals surface area contributed by atoms with E-state index in [1.807, 2.05) is 0 Å². The van der Waals surface area contributed by atoms with Crippen LogP contribution in [0.2, 0.25) is 0 Å². The summed E-state index contributed by atoms with van der Waals surface area (Å²) in [6.45, 7) is 0. The van der Waals surface area contributed by atoms with E-state index in [2.05, 4.69) is 6.08 Å². The fraction of sp³-hybridized carbons (Fsp3) is 0.417. The predicted molar refractivity (Wildman–Crippen MR) is 54.2 cm³/mol. The van der Waals surface area contributed by atoms with E-state index in [1.54, 1.807) is 18.4 Å². The molecular weight excluding hydrogens is 176 g/mol. The van der Waals surface area contributed by atoms with Crippen molar-refractivity contribution in [3.63, 3.8) is 0 Å². The highest BCUT2D eigenvalue weighted by Gasteiger charge is 2.12. The quantitative estimate of drug-likeness (QED) is 0.540. The Hall–Kier alpha value is -1.31. The minimum atomic E-state index is 0.100. The van der Waals surface area contributed by atoms with Gasteiger partial charge in [0.05, 0.1) is 6.26 Å². The Morgan fingerprint density at radius 1 is 1.43 bits per heavy atom. The van der Waals surface area contributed by atoms with Gasteiger partial charge in [0, 0.05) is 6.42 Å². The number of furan rings is 1. The molecule has 0 aromatic carbocycles. The fourth-order valence-electron chi connectivity index (χ4n) is 1.80. The van der Waals surface area contributed by atoms with Crippen LogP contribution in [0.5, 0.6) is 0 Å². The second kappa shape index (κ2) is 4.27. The third-order valence-corrected chi connectivity index (χ3v) is 2.57. The standard InChI is InChI=1S/C12H14O2/c13-11(12-7-4-8-14-12)9-10-5-2-1-3-6-10/h4-5,7-8H,1-3,6,9H2. The van der Waals surface area contributed by atoms with Gasteiger partial charge in [-0.2, -0.15) is 0 Å². The van der Waals surface area contributed by atoms with Crippen LogP contribution < -0.4 is 0 Å². The highest BCUT2D eigenvalue weighted by Crippen LogP contribution is 2.21. The van der Waals surface area contributed by atoms with Gasteiger partial charge < -0.3 is 4.42 Å². The molecule has 2 rings (SSSR count). The summed E-state index contributed by atoms with van der Waals surface area (Å²) in [5, 5.41) is 0. The van der Waals surface area contributed by atoms with Gasteiger partial charge in [-0.1, -0.05) is 11.6 Å². The summed E-state index contributed by atoms with van der Waals surface area (Å²) >= 11 is 0. The van der Waals surface area contributed by atoms with E-state index in [1.165, 1.54) is 18.4 Å². The lowest BCUT2D eigenvalue weighted by Crippen LogP contribution is -2.01. The second-order valence-electron chi connectivity index (χ2n) is 3.69. The number of ketones is 1. The zero-order valence-corrected chi connectivity index (χ0v) is 8.16. The van der Waals surface area contributed by atoms with E-state index in [-0.39, 0.29) is 5.78 Å². The average molecular weight is 190 g/mol. The first-order chi connectivity index (χ1) is 6.86. The number of Topliss-reactive ketones (excluding diaryl/α,β-unsaturated/α-hetero) is 1. The lowest BCUT2D eigenvalue weighted by Gasteiger charge is -2.10. The molecule has 0 amide bonds. The van der Waals surface area contributed by atoms with Crippen molar-refractivity contribution < 1.29 is 9.21 Å². The molecule has 1 heterocycles. The van der Waals surface area contributed by atoms with Gasteiger partial charge in [0.15, 0.2) is 5.76 Å². The monoisotopic (exact) mass is 190 g/mol. The first-order valence-corrected chi connectivity index (χ1v) is 5.11. The number of rotatable bonds is 3. The Bertz CT molecular complexity index is 333. The molecule has 0 spiro atoms. The largest absolute Gasteiger partial charge is 0.461 e. The number of carbonyl (C=O) groups excluding carboxylic acids is 1. The summed E-state index contributed by atoms with van der Waals surface area (Å²) in [6.07, 6.45) is 8.96. The molecule has 1 aromatic rings. The Balaban J connectivity index is 1.97. The Labute approximate surface area is 83.6 Å². The molecule has 0 radical (unpaired) electrons. The summed E-state index contributed by atoms with van der Waals surface area (Å²) in [5.41, 5.74) is 1.28. The molecule has 1 aromatic heterocycles. The summed E-state index contributed by atoms with van der Waals surface area (Å²) in [6, 6.07) is 3.48. The number of hydrogen-bond acceptors (Lipinski definition) is 2. The van der Waals surface area contributed by atoms with E-state index < -0.39 is 0 Å². The highest BCUT2D eigenvalue weighted by molar-refractivity contribution is 5.94. The SMILES string of the molecule is O=C(CC1=CCCCC1)c1ccco1. The number of allylic oxidation sites excluding steroid dienone is 2. The summed E-state index contributed by atoms with van der Waals surface area (Å²) in [5.74, 6) is 0.583. The van der Waals surface area contributed by atoms with Gasteiger partial charge in [-0.25, -0.2) is 0 Å². The van der Waals surface area contributed by atoms with E-state index in [0.717, 1.165) is 12.8 Å². The molecule has 0 N–H and O–H groups in total. The second-order valence-corrected chi connectivity index (χ2v) is 3.69. The van der Waals surface area contributed by atoms with Crippen LogP contribution in [0.25, 0.3) is 0 Å². The molecule has 74 valence electrons. The summed E-state index contributed by atoms with van der Waals surface area (Å²) < 4.78 is 5.06. The minimum absolute atomic E-state index is 0.100. The first kappa shape index (κ1) is 9.25. The third-order valence-electron chi connectivity index (χ3n) is 2.57. The maximum atomic E-state index is 11.6. The zero-order valence-electron chi connectivity index (χ0n) is 8.16. The molecule has 1 aliphatic carbocycles. The van der Waals surface area contributed by atoms with Crippen molar-refractivity contribution in [2.45, 2.75) is 32.1 Å². The van der Waals surface area contributed by atoms with Gasteiger partial charge in [-0.15, -0.1) is 0 Å². The van der Waals surface area contributed by atoms with Crippen molar-refractivity contribution in [2.24, 2.45) is 0 Å². The Morgan fingerprint density at radius 2 is 2.36 bits per heavy atom. The molecule has 2 nitrogen and oxygen atoms in total. The lowest BCUT2D eigenvalue weighted by molar-refractivity contribution is 0.0965. The smallest absolute Gasteiger partial charge is 0.201 e. The van der Waals surface area contributed by atoms with E-state index in [9.17, 15) is 4.79 Å². The molecule has 0 bridgehead atoms. The van der Waals surface area contributed by atoms with Gasteiger partial charge in [-0.05, 0) is 37.8 Å². The first-order valence-electron chi connectivity index (χ1n) is 5.11. The fourth-order valence-corrected chi connectivity index (χ4v) is 1.80. The molecule has 2 heteroatoms. The molecule has 14 heavy (non-hydrogen) atoms. The molecule has 1 aliphatic rings. The van der Waals surface area contributed by atoms with Gasteiger partial charge in [0.2, 0.25) is 5.78 Å². The molecular formula is C12H14O2.